The minimum absolute atomic E-state index is 0.0576. The van der Waals surface area contributed by atoms with Crippen LogP contribution in [-0.4, -0.2) is 31.0 Å². The molecule has 0 unspecified atom stereocenters. The number of hydrogen-bond donors (Lipinski definition) is 2. The fourth-order valence-corrected chi connectivity index (χ4v) is 3.45. The van der Waals surface area contributed by atoms with E-state index in [1.54, 1.807) is 0 Å². The van der Waals surface area contributed by atoms with Crippen molar-refractivity contribution in [3.63, 3.8) is 0 Å². The lowest BCUT2D eigenvalue weighted by atomic mass is 9.63. The van der Waals surface area contributed by atoms with Gasteiger partial charge in [0.15, 0.2) is 0 Å². The summed E-state index contributed by atoms with van der Waals surface area (Å²) in [6.45, 7) is 5.78. The van der Waals surface area contributed by atoms with E-state index in [9.17, 15) is 5.11 Å². The molecule has 1 aromatic rings. The predicted octanol–water partition coefficient (Wildman–Crippen LogP) is 2.33. The lowest BCUT2D eigenvalue weighted by Gasteiger charge is -2.47. The van der Waals surface area contributed by atoms with Gasteiger partial charge >= 0.3 is 0 Å². The standard InChI is InChI=1S/C17H27NO2/c1-13(2)16-10-17(8-9-20-16,15(11-18)12-19)14-6-4-3-5-7-14/h3-7,13,15-16,19H,8-12,18H2,1-2H3/t15-,16-,17+/m1/s1. The molecular formula is C17H27NO2. The third kappa shape index (κ3) is 2.90. The second-order valence-corrected chi connectivity index (χ2v) is 6.24. The van der Waals surface area contributed by atoms with Crippen molar-refractivity contribution < 1.29 is 9.84 Å². The van der Waals surface area contributed by atoms with Gasteiger partial charge in [-0.15, -0.1) is 0 Å². The molecule has 0 spiro atoms. The van der Waals surface area contributed by atoms with Gasteiger partial charge in [-0.2, -0.15) is 0 Å². The summed E-state index contributed by atoms with van der Waals surface area (Å²) < 4.78 is 5.93. The van der Waals surface area contributed by atoms with Gasteiger partial charge in [-0.25, -0.2) is 0 Å². The third-order valence-corrected chi connectivity index (χ3v) is 4.82. The van der Waals surface area contributed by atoms with E-state index in [0.29, 0.717) is 12.5 Å². The molecule has 1 fully saturated rings. The average molecular weight is 277 g/mol. The highest BCUT2D eigenvalue weighted by atomic mass is 16.5. The van der Waals surface area contributed by atoms with E-state index in [-0.39, 0.29) is 24.0 Å². The summed E-state index contributed by atoms with van der Waals surface area (Å²) in [4.78, 5) is 0. The first-order chi connectivity index (χ1) is 9.64. The SMILES string of the molecule is CC(C)[C@H]1C[C@@](c2ccccc2)([C@H](CN)CO)CCO1. The molecule has 0 bridgehead atoms. The van der Waals surface area contributed by atoms with Crippen LogP contribution in [0.4, 0.5) is 0 Å². The molecule has 1 aliphatic rings. The predicted molar refractivity (Wildman–Crippen MR) is 81.6 cm³/mol. The Morgan fingerprint density at radius 1 is 1.35 bits per heavy atom. The van der Waals surface area contributed by atoms with Crippen molar-refractivity contribution in [3.05, 3.63) is 35.9 Å². The van der Waals surface area contributed by atoms with Crippen molar-refractivity contribution in [2.45, 2.75) is 38.2 Å². The van der Waals surface area contributed by atoms with Gasteiger partial charge in [0.05, 0.1) is 6.10 Å². The number of nitrogens with two attached hydrogens (primary N) is 1. The summed E-state index contributed by atoms with van der Waals surface area (Å²) in [6, 6.07) is 10.5. The van der Waals surface area contributed by atoms with Gasteiger partial charge in [0.1, 0.15) is 0 Å². The molecule has 0 amide bonds. The van der Waals surface area contributed by atoms with Crippen LogP contribution in [0.2, 0.25) is 0 Å². The number of hydrogen-bond acceptors (Lipinski definition) is 3. The maximum atomic E-state index is 9.81. The first kappa shape index (κ1) is 15.5. The Kier molecular flexibility index (Phi) is 5.19. The number of ether oxygens (including phenoxy) is 1. The van der Waals surface area contributed by atoms with Crippen molar-refractivity contribution in [2.24, 2.45) is 17.6 Å². The van der Waals surface area contributed by atoms with Gasteiger partial charge in [-0.05, 0) is 30.9 Å². The number of aliphatic hydroxyl groups is 1. The van der Waals surface area contributed by atoms with Crippen LogP contribution in [0.1, 0.15) is 32.3 Å². The topological polar surface area (TPSA) is 55.5 Å². The first-order valence-electron chi connectivity index (χ1n) is 7.62. The van der Waals surface area contributed by atoms with E-state index in [1.807, 2.05) is 6.07 Å². The molecule has 0 aliphatic carbocycles. The van der Waals surface area contributed by atoms with Crippen molar-refractivity contribution in [1.82, 2.24) is 0 Å². The van der Waals surface area contributed by atoms with Crippen LogP contribution >= 0.6 is 0 Å². The fourth-order valence-electron chi connectivity index (χ4n) is 3.45. The van der Waals surface area contributed by atoms with E-state index >= 15 is 0 Å². The van der Waals surface area contributed by atoms with Gasteiger partial charge in [0.25, 0.3) is 0 Å². The molecule has 0 radical (unpaired) electrons. The van der Waals surface area contributed by atoms with Gasteiger partial charge in [-0.3, -0.25) is 0 Å². The largest absolute Gasteiger partial charge is 0.396 e. The molecule has 3 heteroatoms. The van der Waals surface area contributed by atoms with E-state index in [2.05, 4.69) is 38.1 Å². The van der Waals surface area contributed by atoms with Crippen LogP contribution in [-0.2, 0) is 10.2 Å². The molecule has 1 aliphatic heterocycles. The molecule has 0 aromatic heterocycles. The van der Waals surface area contributed by atoms with Gasteiger partial charge in [0.2, 0.25) is 0 Å². The van der Waals surface area contributed by atoms with Crippen LogP contribution in [0.25, 0.3) is 0 Å². The van der Waals surface area contributed by atoms with Crippen molar-refractivity contribution in [3.8, 4) is 0 Å². The Balaban J connectivity index is 2.39. The van der Waals surface area contributed by atoms with Crippen LogP contribution in [0.15, 0.2) is 30.3 Å². The summed E-state index contributed by atoms with van der Waals surface area (Å²) in [5, 5.41) is 9.81. The van der Waals surface area contributed by atoms with Crippen LogP contribution in [0.3, 0.4) is 0 Å². The maximum absolute atomic E-state index is 9.81. The van der Waals surface area contributed by atoms with Crippen LogP contribution in [0, 0.1) is 11.8 Å². The third-order valence-electron chi connectivity index (χ3n) is 4.82. The summed E-state index contributed by atoms with van der Waals surface area (Å²) in [5.41, 5.74) is 7.19. The maximum Gasteiger partial charge on any atom is 0.0606 e. The summed E-state index contributed by atoms with van der Waals surface area (Å²) in [5.74, 6) is 0.575. The normalized spacial score (nSPS) is 28.6. The molecule has 3 N–H and O–H groups in total. The van der Waals surface area contributed by atoms with Gasteiger partial charge < -0.3 is 15.6 Å². The highest BCUT2D eigenvalue weighted by Crippen LogP contribution is 2.44. The zero-order valence-corrected chi connectivity index (χ0v) is 12.6. The van der Waals surface area contributed by atoms with Crippen molar-refractivity contribution in [1.29, 1.82) is 0 Å². The molecule has 3 atom stereocenters. The van der Waals surface area contributed by atoms with Crippen LogP contribution in [0.5, 0.6) is 0 Å². The van der Waals surface area contributed by atoms with Crippen molar-refractivity contribution in [2.75, 3.05) is 19.8 Å². The molecular weight excluding hydrogens is 250 g/mol. The lowest BCUT2D eigenvalue weighted by Crippen LogP contribution is -2.49. The Hall–Kier alpha value is -0.900. The average Bonchev–Trinajstić information content (AvgIpc) is 2.49. The molecule has 112 valence electrons. The zero-order chi connectivity index (χ0) is 14.6. The minimum Gasteiger partial charge on any atom is -0.396 e. The van der Waals surface area contributed by atoms with Crippen LogP contribution < -0.4 is 5.73 Å². The van der Waals surface area contributed by atoms with Crippen molar-refractivity contribution >= 4 is 0 Å². The van der Waals surface area contributed by atoms with Gasteiger partial charge in [-0.1, -0.05) is 44.2 Å². The number of aliphatic hydroxyl groups excluding tert-OH is 1. The second-order valence-electron chi connectivity index (χ2n) is 6.24. The fraction of sp³-hybridized carbons (Fsp3) is 0.647. The van der Waals surface area contributed by atoms with E-state index < -0.39 is 0 Å². The lowest BCUT2D eigenvalue weighted by molar-refractivity contribution is -0.0643. The highest BCUT2D eigenvalue weighted by Gasteiger charge is 2.44. The van der Waals surface area contributed by atoms with E-state index in [4.69, 9.17) is 10.5 Å². The zero-order valence-electron chi connectivity index (χ0n) is 12.6. The Morgan fingerprint density at radius 3 is 2.60 bits per heavy atom. The molecule has 3 nitrogen and oxygen atoms in total. The summed E-state index contributed by atoms with van der Waals surface area (Å²) >= 11 is 0. The summed E-state index contributed by atoms with van der Waals surface area (Å²) in [6.07, 6.45) is 2.12. The van der Waals surface area contributed by atoms with Gasteiger partial charge in [0, 0.05) is 24.5 Å². The molecule has 1 aromatic carbocycles. The monoisotopic (exact) mass is 277 g/mol. The molecule has 1 heterocycles. The molecule has 2 rings (SSSR count). The minimum atomic E-state index is -0.0576. The quantitative estimate of drug-likeness (QED) is 0.868. The van der Waals surface area contributed by atoms with E-state index in [0.717, 1.165) is 19.4 Å². The summed E-state index contributed by atoms with van der Waals surface area (Å²) in [7, 11) is 0. The van der Waals surface area contributed by atoms with E-state index in [1.165, 1.54) is 5.56 Å². The molecule has 1 saturated heterocycles. The molecule has 20 heavy (non-hydrogen) atoms. The number of benzene rings is 1. The highest BCUT2D eigenvalue weighted by molar-refractivity contribution is 5.28. The number of rotatable bonds is 5. The Morgan fingerprint density at radius 2 is 2.05 bits per heavy atom. The second kappa shape index (κ2) is 6.70. The smallest absolute Gasteiger partial charge is 0.0606 e. The Bertz CT molecular complexity index is 403. The first-order valence-corrected chi connectivity index (χ1v) is 7.62. The molecule has 0 saturated carbocycles. The Labute approximate surface area is 122 Å².